The number of nitrogens with one attached hydrogen (secondary N) is 2. The van der Waals surface area contributed by atoms with Crippen molar-refractivity contribution in [1.29, 1.82) is 0 Å². The van der Waals surface area contributed by atoms with Gasteiger partial charge in [0.1, 0.15) is 0 Å². The fourth-order valence-electron chi connectivity index (χ4n) is 4.30. The second kappa shape index (κ2) is 10.0. The number of benzene rings is 3. The maximum atomic E-state index is 13.1. The van der Waals surface area contributed by atoms with Gasteiger partial charge in [0.2, 0.25) is 15.9 Å². The standard InChI is InChI=1S/C25H21Cl3N4O3S/c26-17-4-1-15(2-5-17)24-13-19(31-32(24)23-9-6-18(27)12-21(23)28)14-29-36(34,35)20-7-8-22-16(11-20)3-10-25(33)30-22/h1-2,4-9,11-12,24,29H,3,10,13-14H2,(H,30,33). The van der Waals surface area contributed by atoms with Gasteiger partial charge in [-0.05, 0) is 66.1 Å². The van der Waals surface area contributed by atoms with Crippen molar-refractivity contribution in [2.75, 3.05) is 16.9 Å². The molecule has 0 aromatic heterocycles. The lowest BCUT2D eigenvalue weighted by Gasteiger charge is -2.25. The molecule has 5 rings (SSSR count). The van der Waals surface area contributed by atoms with Gasteiger partial charge >= 0.3 is 0 Å². The SMILES string of the molecule is O=C1CCc2cc(S(=O)(=O)NCC3=NN(c4ccc(Cl)cc4Cl)C(c4ccc(Cl)cc4)C3)ccc2N1. The first-order chi connectivity index (χ1) is 17.2. The van der Waals surface area contributed by atoms with Crippen LogP contribution in [0.25, 0.3) is 0 Å². The van der Waals surface area contributed by atoms with Gasteiger partial charge in [0.25, 0.3) is 0 Å². The predicted molar refractivity (Wildman–Crippen MR) is 144 cm³/mol. The van der Waals surface area contributed by atoms with E-state index in [0.717, 1.165) is 11.1 Å². The fourth-order valence-corrected chi connectivity index (χ4v) is 5.99. The van der Waals surface area contributed by atoms with Crippen LogP contribution < -0.4 is 15.0 Å². The second-order valence-electron chi connectivity index (χ2n) is 8.57. The van der Waals surface area contributed by atoms with E-state index in [0.29, 0.717) is 51.4 Å². The van der Waals surface area contributed by atoms with Crippen LogP contribution in [0.3, 0.4) is 0 Å². The van der Waals surface area contributed by atoms with Crippen LogP contribution in [0, 0.1) is 0 Å². The van der Waals surface area contributed by atoms with Crippen molar-refractivity contribution in [2.24, 2.45) is 5.10 Å². The Morgan fingerprint density at radius 3 is 2.47 bits per heavy atom. The summed E-state index contributed by atoms with van der Waals surface area (Å²) in [4.78, 5) is 11.7. The molecule has 3 aromatic rings. The zero-order chi connectivity index (χ0) is 25.4. The molecule has 2 N–H and O–H groups in total. The maximum Gasteiger partial charge on any atom is 0.240 e. The summed E-state index contributed by atoms with van der Waals surface area (Å²) in [6.07, 6.45) is 1.31. The molecule has 11 heteroatoms. The van der Waals surface area contributed by atoms with Crippen LogP contribution in [0.5, 0.6) is 0 Å². The molecule has 0 bridgehead atoms. The Kier molecular flexibility index (Phi) is 6.98. The summed E-state index contributed by atoms with van der Waals surface area (Å²) < 4.78 is 28.8. The number of carbonyl (C=O) groups excluding carboxylic acids is 1. The van der Waals surface area contributed by atoms with Crippen LogP contribution in [0.4, 0.5) is 11.4 Å². The molecular weight excluding hydrogens is 543 g/mol. The van der Waals surface area contributed by atoms with Crippen molar-refractivity contribution >= 4 is 67.8 Å². The Hall–Kier alpha value is -2.62. The average Bonchev–Trinajstić information content (AvgIpc) is 3.27. The smallest absolute Gasteiger partial charge is 0.240 e. The van der Waals surface area contributed by atoms with Crippen molar-refractivity contribution in [3.63, 3.8) is 0 Å². The molecule has 186 valence electrons. The lowest BCUT2D eigenvalue weighted by Crippen LogP contribution is -2.29. The highest BCUT2D eigenvalue weighted by Gasteiger charge is 2.31. The van der Waals surface area contributed by atoms with E-state index in [2.05, 4.69) is 10.0 Å². The molecule has 0 radical (unpaired) electrons. The molecule has 7 nitrogen and oxygen atoms in total. The lowest BCUT2D eigenvalue weighted by molar-refractivity contribution is -0.116. The molecule has 2 aliphatic heterocycles. The number of hydrogen-bond donors (Lipinski definition) is 2. The third kappa shape index (κ3) is 5.23. The highest BCUT2D eigenvalue weighted by molar-refractivity contribution is 7.89. The number of anilines is 2. The van der Waals surface area contributed by atoms with Crippen LogP contribution >= 0.6 is 34.8 Å². The van der Waals surface area contributed by atoms with E-state index in [1.807, 2.05) is 12.1 Å². The van der Waals surface area contributed by atoms with Gasteiger partial charge in [0, 0.05) is 28.6 Å². The number of halogens is 3. The summed E-state index contributed by atoms with van der Waals surface area (Å²) in [5.41, 5.74) is 3.71. The number of nitrogens with zero attached hydrogens (tertiary/aromatic N) is 2. The van der Waals surface area contributed by atoms with Gasteiger partial charge in [0.15, 0.2) is 0 Å². The van der Waals surface area contributed by atoms with E-state index in [1.165, 1.54) is 6.07 Å². The van der Waals surface area contributed by atoms with Gasteiger partial charge in [-0.2, -0.15) is 5.10 Å². The first-order valence-corrected chi connectivity index (χ1v) is 13.8. The lowest BCUT2D eigenvalue weighted by atomic mass is 10.0. The second-order valence-corrected chi connectivity index (χ2v) is 11.6. The number of amides is 1. The van der Waals surface area contributed by atoms with Crippen LogP contribution in [0.1, 0.15) is 30.0 Å². The number of aryl methyl sites for hydroxylation is 1. The van der Waals surface area contributed by atoms with Crippen molar-refractivity contribution in [1.82, 2.24) is 4.72 Å². The Morgan fingerprint density at radius 2 is 1.72 bits per heavy atom. The first-order valence-electron chi connectivity index (χ1n) is 11.2. The summed E-state index contributed by atoms with van der Waals surface area (Å²) in [6, 6.07) is 17.1. The van der Waals surface area contributed by atoms with Crippen molar-refractivity contribution < 1.29 is 13.2 Å². The number of fused-ring (bicyclic) bond motifs is 1. The van der Waals surface area contributed by atoms with E-state index < -0.39 is 10.0 Å². The van der Waals surface area contributed by atoms with Gasteiger partial charge in [-0.15, -0.1) is 0 Å². The number of sulfonamides is 1. The van der Waals surface area contributed by atoms with E-state index >= 15 is 0 Å². The monoisotopic (exact) mass is 562 g/mol. The van der Waals surface area contributed by atoms with Crippen molar-refractivity contribution in [2.45, 2.75) is 30.2 Å². The number of rotatable bonds is 6. The Balaban J connectivity index is 1.39. The Labute approximate surface area is 224 Å². The van der Waals surface area contributed by atoms with E-state index in [4.69, 9.17) is 39.9 Å². The van der Waals surface area contributed by atoms with E-state index in [1.54, 1.807) is 47.5 Å². The molecule has 1 amide bonds. The third-order valence-electron chi connectivity index (χ3n) is 6.13. The summed E-state index contributed by atoms with van der Waals surface area (Å²) in [5, 5.41) is 10.8. The summed E-state index contributed by atoms with van der Waals surface area (Å²) in [7, 11) is -3.80. The van der Waals surface area contributed by atoms with Gasteiger partial charge in [-0.3, -0.25) is 9.80 Å². The molecule has 2 heterocycles. The van der Waals surface area contributed by atoms with Gasteiger partial charge in [-0.1, -0.05) is 46.9 Å². The van der Waals surface area contributed by atoms with E-state index in [-0.39, 0.29) is 23.4 Å². The molecule has 0 spiro atoms. The fraction of sp³-hybridized carbons (Fsp3) is 0.200. The summed E-state index contributed by atoms with van der Waals surface area (Å²) in [5.74, 6) is -0.0731. The normalized spacial score (nSPS) is 17.5. The minimum absolute atomic E-state index is 0.0297. The number of hydrazone groups is 1. The molecule has 36 heavy (non-hydrogen) atoms. The van der Waals surface area contributed by atoms with Gasteiger partial charge in [-0.25, -0.2) is 13.1 Å². The van der Waals surface area contributed by atoms with Gasteiger partial charge < -0.3 is 5.32 Å². The summed E-state index contributed by atoms with van der Waals surface area (Å²) >= 11 is 18.6. The zero-order valence-electron chi connectivity index (χ0n) is 18.8. The third-order valence-corrected chi connectivity index (χ3v) is 8.32. The maximum absolute atomic E-state index is 13.1. The average molecular weight is 564 g/mol. The minimum atomic E-state index is -3.80. The van der Waals surface area contributed by atoms with Crippen LogP contribution in [-0.2, 0) is 21.2 Å². The highest BCUT2D eigenvalue weighted by Crippen LogP contribution is 2.39. The van der Waals surface area contributed by atoms with Gasteiger partial charge in [0.05, 0.1) is 33.9 Å². The quantitative estimate of drug-likeness (QED) is 0.396. The van der Waals surface area contributed by atoms with Crippen molar-refractivity contribution in [3.8, 4) is 0 Å². The van der Waals surface area contributed by atoms with Crippen LogP contribution in [0.15, 0.2) is 70.7 Å². The zero-order valence-corrected chi connectivity index (χ0v) is 21.9. The van der Waals surface area contributed by atoms with E-state index in [9.17, 15) is 13.2 Å². The Morgan fingerprint density at radius 1 is 0.972 bits per heavy atom. The summed E-state index contributed by atoms with van der Waals surface area (Å²) in [6.45, 7) is 0.0297. The highest BCUT2D eigenvalue weighted by atomic mass is 35.5. The molecule has 0 saturated carbocycles. The molecule has 0 aliphatic carbocycles. The molecule has 1 atom stereocenters. The Bertz CT molecular complexity index is 1480. The predicted octanol–water partition coefficient (Wildman–Crippen LogP) is 5.82. The molecule has 1 unspecified atom stereocenters. The van der Waals surface area contributed by atoms with Crippen molar-refractivity contribution in [3.05, 3.63) is 86.9 Å². The first kappa shape index (κ1) is 25.0. The number of hydrogen-bond acceptors (Lipinski definition) is 5. The molecular formula is C25H21Cl3N4O3S. The molecule has 0 saturated heterocycles. The molecule has 2 aliphatic rings. The molecule has 0 fully saturated rings. The van der Waals surface area contributed by atoms with Crippen LogP contribution in [0.2, 0.25) is 15.1 Å². The molecule has 3 aromatic carbocycles. The topological polar surface area (TPSA) is 90.9 Å². The largest absolute Gasteiger partial charge is 0.326 e. The van der Waals surface area contributed by atoms with Crippen LogP contribution in [-0.4, -0.2) is 26.6 Å². The number of carbonyl (C=O) groups is 1. The minimum Gasteiger partial charge on any atom is -0.326 e.